The van der Waals surface area contributed by atoms with E-state index in [2.05, 4.69) is 36.4 Å². The van der Waals surface area contributed by atoms with Gasteiger partial charge in [0.25, 0.3) is 15.9 Å². The van der Waals surface area contributed by atoms with E-state index < -0.39 is 35.6 Å². The van der Waals surface area contributed by atoms with Gasteiger partial charge in [0.05, 0.1) is 30.6 Å². The third kappa shape index (κ3) is 6.91. The number of aromatic nitrogens is 3. The smallest absolute Gasteiger partial charge is 0.394 e. The highest BCUT2D eigenvalue weighted by Gasteiger charge is 2.62. The molecule has 1 aliphatic carbocycles. The Balaban J connectivity index is 1.41. The Morgan fingerprint density at radius 2 is 1.84 bits per heavy atom. The number of nitrogens with zero attached hydrogens (tertiary/aromatic N) is 4. The predicted molar refractivity (Wildman–Crippen MR) is 168 cm³/mol. The summed E-state index contributed by atoms with van der Waals surface area (Å²) in [6, 6.07) is 11.3. The zero-order valence-electron chi connectivity index (χ0n) is 26.4. The Hall–Kier alpha value is -3.39. The number of ether oxygens (including phenoxy) is 1. The molecule has 3 aromatic rings. The van der Waals surface area contributed by atoms with Gasteiger partial charge in [-0.25, -0.2) is 22.8 Å². The lowest BCUT2D eigenvalue weighted by atomic mass is 9.97. The van der Waals surface area contributed by atoms with E-state index in [0.717, 1.165) is 11.6 Å². The third-order valence-corrected chi connectivity index (χ3v) is 12.1. The molecule has 2 aromatic heterocycles. The minimum absolute atomic E-state index is 0.0175. The lowest BCUT2D eigenvalue weighted by Crippen LogP contribution is -2.41. The Bertz CT molecular complexity index is 1700. The molecule has 244 valence electrons. The van der Waals surface area contributed by atoms with E-state index in [4.69, 9.17) is 9.72 Å². The topological polar surface area (TPSA) is 106 Å². The minimum Gasteiger partial charge on any atom is -0.477 e. The molecule has 1 N–H and O–H groups in total. The zero-order chi connectivity index (χ0) is 33.0. The molecule has 1 atom stereocenters. The molecule has 0 spiro atoms. The van der Waals surface area contributed by atoms with Crippen molar-refractivity contribution >= 4 is 35.0 Å². The summed E-state index contributed by atoms with van der Waals surface area (Å²) in [7, 11) is -5.99. The average molecular weight is 664 g/mol. The maximum absolute atomic E-state index is 13.6. The van der Waals surface area contributed by atoms with Crippen molar-refractivity contribution in [1.82, 2.24) is 19.5 Å². The number of hydrogen-bond donors (Lipinski definition) is 1. The highest BCUT2D eigenvalue weighted by atomic mass is 32.2. The van der Waals surface area contributed by atoms with Gasteiger partial charge in [-0.3, -0.25) is 4.79 Å². The first kappa shape index (κ1) is 33.0. The van der Waals surface area contributed by atoms with E-state index in [9.17, 15) is 26.4 Å². The number of sulfonamides is 1. The second-order valence-corrected chi connectivity index (χ2v) is 20.7. The van der Waals surface area contributed by atoms with Crippen LogP contribution in [-0.4, -0.2) is 62.0 Å². The molecule has 0 unspecified atom stereocenters. The van der Waals surface area contributed by atoms with Crippen LogP contribution in [0.4, 0.5) is 19.0 Å². The molecule has 5 rings (SSSR count). The first-order valence-corrected chi connectivity index (χ1v) is 20.0. The minimum atomic E-state index is -4.25. The summed E-state index contributed by atoms with van der Waals surface area (Å²) >= 11 is 0. The van der Waals surface area contributed by atoms with E-state index in [1.54, 1.807) is 24.4 Å². The molecule has 45 heavy (non-hydrogen) atoms. The molecule has 9 nitrogen and oxygen atoms in total. The third-order valence-electron chi connectivity index (χ3n) is 8.76. The number of benzene rings is 1. The number of anilines is 1. The second kappa shape index (κ2) is 11.4. The van der Waals surface area contributed by atoms with Crippen LogP contribution >= 0.6 is 0 Å². The number of halogens is 3. The largest absolute Gasteiger partial charge is 0.477 e. The zero-order valence-corrected chi connectivity index (χ0v) is 28.2. The van der Waals surface area contributed by atoms with Crippen molar-refractivity contribution in [2.45, 2.75) is 82.7 Å². The van der Waals surface area contributed by atoms with E-state index in [1.165, 1.54) is 22.9 Å². The molecule has 2 fully saturated rings. The van der Waals surface area contributed by atoms with Crippen LogP contribution in [0.5, 0.6) is 5.88 Å². The van der Waals surface area contributed by atoms with E-state index in [1.807, 2.05) is 24.8 Å². The molecular formula is C31H40F3N5O4SSi. The van der Waals surface area contributed by atoms with Crippen LogP contribution in [0.2, 0.25) is 19.6 Å². The number of hydrogen-bond acceptors (Lipinski definition) is 7. The Morgan fingerprint density at radius 1 is 1.13 bits per heavy atom. The molecule has 0 radical (unpaired) electrons. The molecular weight excluding hydrogens is 624 g/mol. The number of pyridine rings is 1. The fraction of sp³-hybridized carbons (Fsp3) is 0.516. The number of alkyl halides is 3. The molecule has 1 aromatic carbocycles. The molecule has 1 saturated heterocycles. The van der Waals surface area contributed by atoms with Crippen molar-refractivity contribution < 1.29 is 31.1 Å². The van der Waals surface area contributed by atoms with Crippen LogP contribution < -0.4 is 19.5 Å². The van der Waals surface area contributed by atoms with E-state index in [-0.39, 0.29) is 47.7 Å². The first-order valence-electron chi connectivity index (χ1n) is 15.0. The summed E-state index contributed by atoms with van der Waals surface area (Å²) < 4.78 is 75.7. The van der Waals surface area contributed by atoms with Crippen LogP contribution in [0.1, 0.15) is 56.8 Å². The number of nitrogens with one attached hydrogen (secondary N) is 1. The van der Waals surface area contributed by atoms with Crippen LogP contribution in [0.15, 0.2) is 53.6 Å². The summed E-state index contributed by atoms with van der Waals surface area (Å²) in [6.45, 7) is 13.0. The monoisotopic (exact) mass is 663 g/mol. The fourth-order valence-corrected chi connectivity index (χ4v) is 8.26. The van der Waals surface area contributed by atoms with E-state index >= 15 is 0 Å². The standard InChI is InChI=1S/C31H40F3N5O4SSi/c1-21-19-29(2,3)38(20-21)27-24(28(40)37-44(41,42)22-8-7-9-23(18-22)45(4,5)6)10-11-25(35-27)39-16-12-26(36-39)43-17-15-30(13-14-30)31(32,33)34/h7-12,16,18,21H,13-15,17,19-20H2,1-6H3,(H,37,40)/t21-/m0/s1. The van der Waals surface area contributed by atoms with Gasteiger partial charge in [-0.05, 0) is 69.7 Å². The van der Waals surface area contributed by atoms with Gasteiger partial charge in [0.15, 0.2) is 5.82 Å². The number of carbonyl (C=O) groups is 1. The lowest BCUT2D eigenvalue weighted by Gasteiger charge is -2.34. The summed E-state index contributed by atoms with van der Waals surface area (Å²) in [5.74, 6) is 0.294. The summed E-state index contributed by atoms with van der Waals surface area (Å²) in [6.07, 6.45) is -1.75. The first-order chi connectivity index (χ1) is 20.8. The molecule has 1 saturated carbocycles. The Kier molecular flexibility index (Phi) is 8.39. The Labute approximate surface area is 263 Å². The number of amides is 1. The molecule has 1 aliphatic heterocycles. The van der Waals surface area contributed by atoms with Gasteiger partial charge in [0, 0.05) is 24.3 Å². The van der Waals surface area contributed by atoms with Crippen LogP contribution in [0, 0.1) is 11.3 Å². The highest BCUT2D eigenvalue weighted by molar-refractivity contribution is 7.90. The van der Waals surface area contributed by atoms with Gasteiger partial charge in [0.2, 0.25) is 5.88 Å². The summed E-state index contributed by atoms with van der Waals surface area (Å²) in [5.41, 5.74) is -1.94. The molecule has 0 bridgehead atoms. The maximum Gasteiger partial charge on any atom is 0.394 e. The normalized spacial score (nSPS) is 19.4. The SMILES string of the molecule is C[C@@H]1CN(c2nc(-n3ccc(OCCC4(C(F)(F)F)CC4)n3)ccc2C(=O)NS(=O)(=O)c2cccc([Si](C)(C)C)c2)C(C)(C)C1. The van der Waals surface area contributed by atoms with Gasteiger partial charge in [0.1, 0.15) is 5.82 Å². The summed E-state index contributed by atoms with van der Waals surface area (Å²) in [5, 5.41) is 5.29. The van der Waals surface area contributed by atoms with E-state index in [0.29, 0.717) is 24.1 Å². The van der Waals surface area contributed by atoms with Crippen molar-refractivity contribution in [3.05, 3.63) is 54.2 Å². The van der Waals surface area contributed by atoms with Crippen molar-refractivity contribution in [2.75, 3.05) is 18.1 Å². The molecule has 14 heteroatoms. The molecule has 1 amide bonds. The maximum atomic E-state index is 13.6. The van der Waals surface area contributed by atoms with Crippen molar-refractivity contribution in [1.29, 1.82) is 0 Å². The number of carbonyl (C=O) groups excluding carboxylic acids is 1. The van der Waals surface area contributed by atoms with Gasteiger partial charge >= 0.3 is 6.18 Å². The second-order valence-electron chi connectivity index (χ2n) is 14.0. The lowest BCUT2D eigenvalue weighted by molar-refractivity contribution is -0.190. The highest BCUT2D eigenvalue weighted by Crippen LogP contribution is 2.59. The fourth-order valence-electron chi connectivity index (χ4n) is 5.96. The number of rotatable bonds is 10. The van der Waals surface area contributed by atoms with Crippen molar-refractivity contribution in [2.24, 2.45) is 11.3 Å². The van der Waals surface area contributed by atoms with Gasteiger partial charge in [-0.2, -0.15) is 13.2 Å². The van der Waals surface area contributed by atoms with Gasteiger partial charge in [-0.1, -0.05) is 43.9 Å². The van der Waals surface area contributed by atoms with Gasteiger partial charge < -0.3 is 9.64 Å². The average Bonchev–Trinajstić information content (AvgIpc) is 3.50. The Morgan fingerprint density at radius 3 is 2.44 bits per heavy atom. The predicted octanol–water partition coefficient (Wildman–Crippen LogP) is 5.67. The van der Waals surface area contributed by atoms with Gasteiger partial charge in [-0.15, -0.1) is 5.10 Å². The van der Waals surface area contributed by atoms with Crippen LogP contribution in [-0.2, 0) is 10.0 Å². The quantitative estimate of drug-likeness (QED) is 0.279. The molecule has 3 heterocycles. The van der Waals surface area contributed by atoms with Crippen molar-refractivity contribution in [3.8, 4) is 11.7 Å². The van der Waals surface area contributed by atoms with Crippen molar-refractivity contribution in [3.63, 3.8) is 0 Å². The van der Waals surface area contributed by atoms with Crippen LogP contribution in [0.3, 0.4) is 0 Å². The van der Waals surface area contributed by atoms with Crippen LogP contribution in [0.25, 0.3) is 5.82 Å². The summed E-state index contributed by atoms with van der Waals surface area (Å²) in [4.78, 5) is 20.4. The molecule has 2 aliphatic rings.